The maximum Gasteiger partial charge on any atom is 0.243 e. The van der Waals surface area contributed by atoms with E-state index in [1.165, 1.54) is 9.21 Å². The predicted octanol–water partition coefficient (Wildman–Crippen LogP) is 6.71. The van der Waals surface area contributed by atoms with E-state index in [-0.39, 0.29) is 50.2 Å². The molecule has 0 aliphatic rings. The van der Waals surface area contributed by atoms with Crippen LogP contribution in [0.5, 0.6) is 0 Å². The van der Waals surface area contributed by atoms with Crippen LogP contribution in [0.4, 0.5) is 5.69 Å². The van der Waals surface area contributed by atoms with Crippen molar-refractivity contribution >= 4 is 50.7 Å². The summed E-state index contributed by atoms with van der Waals surface area (Å²) in [6, 6.07) is 19.3. The number of hydrogen-bond donors (Lipinski definition) is 1. The van der Waals surface area contributed by atoms with E-state index in [1.54, 1.807) is 18.2 Å². The van der Waals surface area contributed by atoms with Gasteiger partial charge in [-0.3, -0.25) is 13.9 Å². The highest BCUT2D eigenvalue weighted by Crippen LogP contribution is 2.28. The number of halogens is 2. The lowest BCUT2D eigenvalue weighted by Gasteiger charge is -2.33. The summed E-state index contributed by atoms with van der Waals surface area (Å²) in [5.74, 6) is -0.576. The number of carbonyl (C=O) groups is 2. The lowest BCUT2D eigenvalue weighted by molar-refractivity contribution is -0.141. The zero-order valence-electron chi connectivity index (χ0n) is 25.4. The summed E-state index contributed by atoms with van der Waals surface area (Å²) in [6.45, 7) is 7.85. The predicted molar refractivity (Wildman–Crippen MR) is 176 cm³/mol. The molecule has 0 saturated carbocycles. The molecule has 0 fully saturated rings. The first-order valence-electron chi connectivity index (χ1n) is 14.4. The molecule has 2 amide bonds. The molecule has 10 heteroatoms. The van der Waals surface area contributed by atoms with Crippen molar-refractivity contribution in [3.05, 3.63) is 99.0 Å². The van der Waals surface area contributed by atoms with Crippen LogP contribution >= 0.6 is 23.2 Å². The van der Waals surface area contributed by atoms with Crippen LogP contribution in [0.3, 0.4) is 0 Å². The molecule has 7 nitrogen and oxygen atoms in total. The van der Waals surface area contributed by atoms with Crippen LogP contribution in [0, 0.1) is 13.8 Å². The van der Waals surface area contributed by atoms with Gasteiger partial charge in [-0.25, -0.2) is 8.42 Å². The van der Waals surface area contributed by atoms with Crippen molar-refractivity contribution in [3.63, 3.8) is 0 Å². The summed E-state index contributed by atoms with van der Waals surface area (Å²) in [4.78, 5) is 29.3. The number of nitrogens with zero attached hydrogens (tertiary/aromatic N) is 2. The highest BCUT2D eigenvalue weighted by atomic mass is 35.5. The van der Waals surface area contributed by atoms with Crippen molar-refractivity contribution in [1.82, 2.24) is 10.2 Å². The number of hydrogen-bond acceptors (Lipinski definition) is 4. The molecule has 0 bridgehead atoms. The lowest BCUT2D eigenvalue weighted by atomic mass is 10.0. The quantitative estimate of drug-likeness (QED) is 0.211. The Hall–Kier alpha value is -3.07. The van der Waals surface area contributed by atoms with Gasteiger partial charge in [0.1, 0.15) is 6.04 Å². The summed E-state index contributed by atoms with van der Waals surface area (Å²) in [5.41, 5.74) is 3.88. The molecule has 3 rings (SSSR count). The normalized spacial score (nSPS) is 12.8. The van der Waals surface area contributed by atoms with E-state index < -0.39 is 16.1 Å². The second-order valence-corrected chi connectivity index (χ2v) is 13.8. The van der Waals surface area contributed by atoms with Crippen molar-refractivity contribution in [2.24, 2.45) is 0 Å². The van der Waals surface area contributed by atoms with Gasteiger partial charge < -0.3 is 10.2 Å². The fraction of sp³-hybridized carbons (Fsp3) is 0.394. The third-order valence-corrected chi connectivity index (χ3v) is 9.21. The number of carbonyl (C=O) groups excluding carboxylic acids is 2. The highest BCUT2D eigenvalue weighted by Gasteiger charge is 2.32. The van der Waals surface area contributed by atoms with Crippen LogP contribution in [-0.2, 0) is 32.6 Å². The third kappa shape index (κ3) is 9.98. The Labute approximate surface area is 266 Å². The Morgan fingerprint density at radius 1 is 0.930 bits per heavy atom. The molecule has 232 valence electrons. The number of sulfonamides is 1. The SMILES string of the molecule is CCC(C)NC(=O)C(Cc1ccccc1)N(Cc1c(Cl)cccc1Cl)C(=O)CCCN(c1cc(C)cc(C)c1)S(C)(=O)=O. The summed E-state index contributed by atoms with van der Waals surface area (Å²) >= 11 is 13.0. The summed E-state index contributed by atoms with van der Waals surface area (Å²) in [7, 11) is -3.61. The van der Waals surface area contributed by atoms with E-state index in [0.717, 1.165) is 29.4 Å². The number of nitrogens with one attached hydrogen (secondary N) is 1. The van der Waals surface area contributed by atoms with Gasteiger partial charge in [-0.15, -0.1) is 0 Å². The van der Waals surface area contributed by atoms with Crippen LogP contribution in [0.25, 0.3) is 0 Å². The number of aryl methyl sites for hydroxylation is 2. The largest absolute Gasteiger partial charge is 0.352 e. The van der Waals surface area contributed by atoms with Gasteiger partial charge in [0.25, 0.3) is 0 Å². The molecule has 2 unspecified atom stereocenters. The lowest BCUT2D eigenvalue weighted by Crippen LogP contribution is -2.52. The molecule has 3 aromatic carbocycles. The first-order valence-corrected chi connectivity index (χ1v) is 17.0. The Morgan fingerprint density at radius 3 is 2.09 bits per heavy atom. The van der Waals surface area contributed by atoms with Crippen LogP contribution in [0.15, 0.2) is 66.7 Å². The molecule has 0 aliphatic heterocycles. The van der Waals surface area contributed by atoms with E-state index in [9.17, 15) is 18.0 Å². The van der Waals surface area contributed by atoms with Crippen LogP contribution in [0.2, 0.25) is 10.0 Å². The molecule has 1 N–H and O–H groups in total. The molecule has 0 radical (unpaired) electrons. The minimum Gasteiger partial charge on any atom is -0.352 e. The van der Waals surface area contributed by atoms with Gasteiger partial charge in [0.05, 0.1) is 11.9 Å². The molecule has 0 saturated heterocycles. The van der Waals surface area contributed by atoms with Gasteiger partial charge in [0.2, 0.25) is 21.8 Å². The summed E-state index contributed by atoms with van der Waals surface area (Å²) in [6.07, 6.45) is 2.44. The van der Waals surface area contributed by atoms with E-state index in [2.05, 4.69) is 5.32 Å². The fourth-order valence-corrected chi connectivity index (χ4v) is 6.41. The molecule has 0 spiro atoms. The first-order chi connectivity index (χ1) is 20.3. The van der Waals surface area contributed by atoms with Crippen LogP contribution < -0.4 is 9.62 Å². The summed E-state index contributed by atoms with van der Waals surface area (Å²) < 4.78 is 26.8. The van der Waals surface area contributed by atoms with E-state index in [4.69, 9.17) is 23.2 Å². The zero-order chi connectivity index (χ0) is 31.7. The maximum atomic E-state index is 14.0. The topological polar surface area (TPSA) is 86.8 Å². The molecule has 0 aromatic heterocycles. The molecular formula is C33H41Cl2N3O4S. The highest BCUT2D eigenvalue weighted by molar-refractivity contribution is 7.92. The van der Waals surface area contributed by atoms with Crippen LogP contribution in [-0.4, -0.2) is 50.0 Å². The van der Waals surface area contributed by atoms with E-state index >= 15 is 0 Å². The second-order valence-electron chi connectivity index (χ2n) is 11.0. The Balaban J connectivity index is 1.95. The van der Waals surface area contributed by atoms with Gasteiger partial charge in [0, 0.05) is 47.6 Å². The van der Waals surface area contributed by atoms with Crippen molar-refractivity contribution < 1.29 is 18.0 Å². The number of benzene rings is 3. The average Bonchev–Trinajstić information content (AvgIpc) is 2.93. The van der Waals surface area contributed by atoms with Gasteiger partial charge in [-0.2, -0.15) is 0 Å². The molecule has 0 aliphatic carbocycles. The number of rotatable bonds is 14. The van der Waals surface area contributed by atoms with Crippen molar-refractivity contribution in [1.29, 1.82) is 0 Å². The average molecular weight is 647 g/mol. The van der Waals surface area contributed by atoms with E-state index in [1.807, 2.05) is 76.2 Å². The second kappa shape index (κ2) is 15.6. The van der Waals surface area contributed by atoms with Gasteiger partial charge in [-0.05, 0) is 74.6 Å². The standard InChI is InChI=1S/C33H41Cl2N3O4S/c1-6-25(4)36-33(40)31(21-26-12-8-7-9-13-26)37(22-28-29(34)14-10-15-30(28)35)32(39)16-11-17-38(43(5,41)42)27-19-23(2)18-24(3)20-27/h7-10,12-15,18-20,25,31H,6,11,16-17,21-22H2,1-5H3,(H,36,40). The fourth-order valence-electron chi connectivity index (χ4n) is 4.95. The Kier molecular flexibility index (Phi) is 12.5. The van der Waals surface area contributed by atoms with Gasteiger partial charge in [0.15, 0.2) is 0 Å². The first kappa shape index (κ1) is 34.4. The summed E-state index contributed by atoms with van der Waals surface area (Å²) in [5, 5.41) is 3.83. The Morgan fingerprint density at radius 2 is 1.53 bits per heavy atom. The number of amides is 2. The van der Waals surface area contributed by atoms with Crippen molar-refractivity contribution in [2.45, 2.75) is 72.0 Å². The number of anilines is 1. The van der Waals surface area contributed by atoms with E-state index in [0.29, 0.717) is 21.3 Å². The van der Waals surface area contributed by atoms with Gasteiger partial charge in [-0.1, -0.05) is 72.6 Å². The molecule has 2 atom stereocenters. The molecule has 3 aromatic rings. The zero-order valence-corrected chi connectivity index (χ0v) is 27.8. The van der Waals surface area contributed by atoms with Crippen molar-refractivity contribution in [3.8, 4) is 0 Å². The minimum atomic E-state index is -3.61. The third-order valence-electron chi connectivity index (χ3n) is 7.31. The van der Waals surface area contributed by atoms with Crippen molar-refractivity contribution in [2.75, 3.05) is 17.1 Å². The van der Waals surface area contributed by atoms with Crippen LogP contribution in [0.1, 0.15) is 55.4 Å². The Bertz CT molecular complexity index is 1480. The molecule has 0 heterocycles. The minimum absolute atomic E-state index is 0.0147. The molecular weight excluding hydrogens is 605 g/mol. The molecule has 43 heavy (non-hydrogen) atoms. The monoisotopic (exact) mass is 645 g/mol. The smallest absolute Gasteiger partial charge is 0.243 e. The maximum absolute atomic E-state index is 14.0. The van der Waals surface area contributed by atoms with Gasteiger partial charge >= 0.3 is 0 Å².